The Hall–Kier alpha value is -2.52. The van der Waals surface area contributed by atoms with Gasteiger partial charge in [-0.3, -0.25) is 4.79 Å². The maximum Gasteiger partial charge on any atom is 0.290 e. The Morgan fingerprint density at radius 3 is 2.31 bits per heavy atom. The molecule has 3 nitrogen and oxygen atoms in total. The van der Waals surface area contributed by atoms with Gasteiger partial charge in [-0.1, -0.05) is 49.1 Å². The molecule has 0 amide bonds. The van der Waals surface area contributed by atoms with E-state index >= 15 is 0 Å². The minimum absolute atomic E-state index is 0.250. The van der Waals surface area contributed by atoms with Crippen molar-refractivity contribution in [3.05, 3.63) is 76.7 Å². The van der Waals surface area contributed by atoms with Gasteiger partial charge in [0.2, 0.25) is 0 Å². The van der Waals surface area contributed by atoms with Crippen LogP contribution in [0.4, 0.5) is 0 Å². The van der Waals surface area contributed by atoms with E-state index in [2.05, 4.69) is 60.3 Å². The first-order valence-corrected chi connectivity index (χ1v) is 11.1. The van der Waals surface area contributed by atoms with Crippen molar-refractivity contribution in [2.75, 3.05) is 0 Å². The normalized spacial score (nSPS) is 13.4. The van der Waals surface area contributed by atoms with Crippen molar-refractivity contribution in [3.8, 4) is 22.3 Å². The Labute approximate surface area is 180 Å². The molecule has 4 rings (SSSR count). The van der Waals surface area contributed by atoms with Gasteiger partial charge in [0, 0.05) is 38.4 Å². The van der Waals surface area contributed by atoms with E-state index in [0.717, 1.165) is 17.7 Å². The summed E-state index contributed by atoms with van der Waals surface area (Å²) in [5.41, 5.74) is 3.39. The summed E-state index contributed by atoms with van der Waals surface area (Å²) in [4.78, 5) is 12.6. The van der Waals surface area contributed by atoms with Gasteiger partial charge in [0.05, 0.1) is 0 Å². The molecule has 0 radical (unpaired) electrons. The Morgan fingerprint density at radius 1 is 1.10 bits per heavy atom. The fraction of sp³-hybridized carbons (Fsp3) is 0.208. The van der Waals surface area contributed by atoms with Gasteiger partial charge in [-0.05, 0) is 61.2 Å². The van der Waals surface area contributed by atoms with E-state index in [9.17, 15) is 0 Å². The summed E-state index contributed by atoms with van der Waals surface area (Å²) in [7, 11) is 0. The summed E-state index contributed by atoms with van der Waals surface area (Å²) in [5.74, 6) is 6.46. The summed E-state index contributed by atoms with van der Waals surface area (Å²) in [6, 6.07) is 21.7. The molecule has 1 unspecified atom stereocenters. The van der Waals surface area contributed by atoms with Crippen LogP contribution in [0, 0.1) is 11.8 Å². The molecule has 1 aromatic heterocycles. The minimum atomic E-state index is -0.250. The van der Waals surface area contributed by atoms with E-state index in [4.69, 9.17) is 9.90 Å². The lowest BCUT2D eigenvalue weighted by Gasteiger charge is -2.20. The Morgan fingerprint density at radius 2 is 1.72 bits per heavy atom. The van der Waals surface area contributed by atoms with Gasteiger partial charge in [-0.2, -0.15) is 0 Å². The smallest absolute Gasteiger partial charge is 0.290 e. The molecule has 0 aliphatic carbocycles. The monoisotopic (exact) mass is 421 g/mol. The Balaban J connectivity index is 0.000000755. The number of nitrogens with zero attached hydrogens (tertiary/aromatic N) is 1. The van der Waals surface area contributed by atoms with Gasteiger partial charge >= 0.3 is 0 Å². The molecule has 0 saturated heterocycles. The SMILES string of the molecule is CCC(C)N1Cc2sc(-c3ccc(C#Cc4ccccc4)cc3)cc2S1.O=CO. The summed E-state index contributed by atoms with van der Waals surface area (Å²) in [5, 5.41) is 6.89. The molecule has 0 saturated carbocycles. The predicted molar refractivity (Wildman–Crippen MR) is 122 cm³/mol. The van der Waals surface area contributed by atoms with Crippen molar-refractivity contribution in [1.82, 2.24) is 4.31 Å². The van der Waals surface area contributed by atoms with Gasteiger partial charge in [0.15, 0.2) is 0 Å². The third-order valence-electron chi connectivity index (χ3n) is 4.66. The van der Waals surface area contributed by atoms with E-state index in [-0.39, 0.29) is 6.47 Å². The molecule has 1 atom stereocenters. The highest BCUT2D eigenvalue weighted by atomic mass is 32.2. The number of carboxylic acid groups (broad SMARTS) is 1. The molecule has 1 aliphatic rings. The molecule has 2 heterocycles. The van der Waals surface area contributed by atoms with Crippen molar-refractivity contribution in [3.63, 3.8) is 0 Å². The van der Waals surface area contributed by atoms with Crippen LogP contribution in [0.3, 0.4) is 0 Å². The number of hydrogen-bond acceptors (Lipinski definition) is 4. The standard InChI is InChI=1S/C23H21NS2.CH2O2/c1-3-17(2)24-16-23-22(26-24)15-21(25-23)20-13-11-19(12-14-20)10-9-18-7-5-4-6-8-18;2-1-3/h4-8,11-15,17H,3,16H2,1-2H3;1H,(H,2,3). The Kier molecular flexibility index (Phi) is 7.54. The zero-order chi connectivity index (χ0) is 20.6. The van der Waals surface area contributed by atoms with Crippen LogP contribution in [0.15, 0.2) is 65.6 Å². The molecule has 2 aromatic carbocycles. The molecule has 1 aliphatic heterocycles. The number of fused-ring (bicyclic) bond motifs is 1. The molecular weight excluding hydrogens is 398 g/mol. The van der Waals surface area contributed by atoms with Gasteiger partial charge in [0.25, 0.3) is 6.47 Å². The van der Waals surface area contributed by atoms with Gasteiger partial charge < -0.3 is 5.11 Å². The quantitative estimate of drug-likeness (QED) is 0.313. The number of hydrogen-bond donors (Lipinski definition) is 1. The van der Waals surface area contributed by atoms with Crippen LogP contribution in [0.2, 0.25) is 0 Å². The highest BCUT2D eigenvalue weighted by Gasteiger charge is 2.26. The molecule has 148 valence electrons. The van der Waals surface area contributed by atoms with Crippen molar-refractivity contribution < 1.29 is 9.90 Å². The summed E-state index contributed by atoms with van der Waals surface area (Å²) in [6.07, 6.45) is 1.19. The van der Waals surface area contributed by atoms with Gasteiger partial charge in [0.1, 0.15) is 0 Å². The fourth-order valence-electron chi connectivity index (χ4n) is 2.87. The lowest BCUT2D eigenvalue weighted by molar-refractivity contribution is -0.122. The van der Waals surface area contributed by atoms with E-state index in [1.165, 1.54) is 26.6 Å². The lowest BCUT2D eigenvalue weighted by Crippen LogP contribution is -2.21. The molecule has 5 heteroatoms. The second kappa shape index (κ2) is 10.3. The van der Waals surface area contributed by atoms with Gasteiger partial charge in [-0.15, -0.1) is 11.3 Å². The number of thiophene rings is 1. The molecular formula is C24H23NO2S2. The average Bonchev–Trinajstić information content (AvgIpc) is 3.33. The summed E-state index contributed by atoms with van der Waals surface area (Å²) >= 11 is 3.84. The van der Waals surface area contributed by atoms with E-state index < -0.39 is 0 Å². The summed E-state index contributed by atoms with van der Waals surface area (Å²) < 4.78 is 2.49. The highest BCUT2D eigenvalue weighted by molar-refractivity contribution is 7.97. The first kappa shape index (κ1) is 21.2. The van der Waals surface area contributed by atoms with Crippen LogP contribution >= 0.6 is 23.3 Å². The molecule has 0 spiro atoms. The first-order valence-electron chi connectivity index (χ1n) is 9.47. The zero-order valence-corrected chi connectivity index (χ0v) is 18.1. The van der Waals surface area contributed by atoms with Crippen LogP contribution < -0.4 is 0 Å². The average molecular weight is 422 g/mol. The fourth-order valence-corrected chi connectivity index (χ4v) is 5.44. The van der Waals surface area contributed by atoms with Crippen LogP contribution in [-0.4, -0.2) is 21.9 Å². The minimum Gasteiger partial charge on any atom is -0.483 e. The topological polar surface area (TPSA) is 40.5 Å². The van der Waals surface area contributed by atoms with Crippen molar-refractivity contribution in [2.24, 2.45) is 0 Å². The lowest BCUT2D eigenvalue weighted by atomic mass is 10.1. The van der Waals surface area contributed by atoms with E-state index in [0.29, 0.717) is 6.04 Å². The molecule has 0 bridgehead atoms. The molecule has 1 N–H and O–H groups in total. The first-order chi connectivity index (χ1) is 14.1. The van der Waals surface area contributed by atoms with Crippen molar-refractivity contribution >= 4 is 29.8 Å². The summed E-state index contributed by atoms with van der Waals surface area (Å²) in [6.45, 7) is 5.38. The molecule has 0 fully saturated rings. The van der Waals surface area contributed by atoms with Crippen LogP contribution in [-0.2, 0) is 11.3 Å². The molecule has 29 heavy (non-hydrogen) atoms. The van der Waals surface area contributed by atoms with Crippen LogP contribution in [0.5, 0.6) is 0 Å². The van der Waals surface area contributed by atoms with Crippen LogP contribution in [0.25, 0.3) is 10.4 Å². The van der Waals surface area contributed by atoms with Crippen LogP contribution in [0.1, 0.15) is 36.3 Å². The second-order valence-corrected chi connectivity index (χ2v) is 8.85. The zero-order valence-electron chi connectivity index (χ0n) is 16.5. The number of rotatable bonds is 3. The Bertz CT molecular complexity index is 977. The largest absolute Gasteiger partial charge is 0.483 e. The van der Waals surface area contributed by atoms with Crippen molar-refractivity contribution in [1.29, 1.82) is 0 Å². The highest BCUT2D eigenvalue weighted by Crippen LogP contribution is 2.45. The maximum atomic E-state index is 8.36. The number of carbonyl (C=O) groups is 1. The predicted octanol–water partition coefficient (Wildman–Crippen LogP) is 6.14. The maximum absolute atomic E-state index is 8.36. The third kappa shape index (κ3) is 5.51. The van der Waals surface area contributed by atoms with E-state index in [1.807, 2.05) is 53.6 Å². The molecule has 3 aromatic rings. The van der Waals surface area contributed by atoms with Gasteiger partial charge in [-0.25, -0.2) is 4.31 Å². The third-order valence-corrected chi connectivity index (χ3v) is 7.24. The number of benzene rings is 2. The second-order valence-electron chi connectivity index (χ2n) is 6.62. The van der Waals surface area contributed by atoms with Crippen molar-refractivity contribution in [2.45, 2.75) is 37.8 Å². The van der Waals surface area contributed by atoms with E-state index in [1.54, 1.807) is 0 Å².